The first kappa shape index (κ1) is 16.3. The van der Waals surface area contributed by atoms with Gasteiger partial charge in [0.1, 0.15) is 5.88 Å². The summed E-state index contributed by atoms with van der Waals surface area (Å²) in [5, 5.41) is 0. The molecule has 0 fully saturated rings. The summed E-state index contributed by atoms with van der Waals surface area (Å²) in [6.07, 6.45) is 8.96. The number of carbonyl (C=O) groups is 1. The largest absolute Gasteiger partial charge is 0.465 e. The van der Waals surface area contributed by atoms with E-state index in [2.05, 4.69) is 18.8 Å². The van der Waals surface area contributed by atoms with Crippen molar-refractivity contribution in [3.05, 3.63) is 0 Å². The zero-order valence-electron chi connectivity index (χ0n) is 10.8. The third-order valence-electron chi connectivity index (χ3n) is 2.37. The molecular weight excluding hydrogens is 236 g/mol. The molecule has 98 valence electrons. The Hall–Kier alpha value is -0.680. The van der Waals surface area contributed by atoms with Gasteiger partial charge in [-0.05, 0) is 12.8 Å². The number of hydrogen-bond acceptors (Lipinski definition) is 2. The van der Waals surface area contributed by atoms with Gasteiger partial charge in [0.25, 0.3) is 0 Å². The lowest BCUT2D eigenvalue weighted by molar-refractivity contribution is -0.140. The van der Waals surface area contributed by atoms with E-state index in [0.29, 0.717) is 6.61 Å². The number of hydrogen-bond donors (Lipinski definition) is 0. The van der Waals surface area contributed by atoms with E-state index in [9.17, 15) is 4.79 Å². The van der Waals surface area contributed by atoms with Crippen LogP contribution in [0.3, 0.4) is 0 Å². The predicted molar refractivity (Wildman–Crippen MR) is 72.1 cm³/mol. The Morgan fingerprint density at radius 2 is 1.71 bits per heavy atom. The fraction of sp³-hybridized carbons (Fsp3) is 0.786. The monoisotopic (exact) mass is 258 g/mol. The molecule has 0 saturated carbocycles. The summed E-state index contributed by atoms with van der Waals surface area (Å²) in [5.74, 6) is 5.86. The van der Waals surface area contributed by atoms with E-state index >= 15 is 0 Å². The van der Waals surface area contributed by atoms with Crippen LogP contribution in [-0.4, -0.2) is 18.5 Å². The minimum absolute atomic E-state index is 0.0429. The van der Waals surface area contributed by atoms with Crippen molar-refractivity contribution in [2.24, 2.45) is 0 Å². The van der Waals surface area contributed by atoms with Gasteiger partial charge >= 0.3 is 5.97 Å². The molecule has 0 aromatic carbocycles. The van der Waals surface area contributed by atoms with Gasteiger partial charge in [0.2, 0.25) is 0 Å². The van der Waals surface area contributed by atoms with E-state index in [1.807, 2.05) is 0 Å². The van der Waals surface area contributed by atoms with Crippen LogP contribution in [0, 0.1) is 11.8 Å². The highest BCUT2D eigenvalue weighted by Gasteiger charge is 1.98. The lowest BCUT2D eigenvalue weighted by Crippen LogP contribution is -2.06. The van der Waals surface area contributed by atoms with Crippen LogP contribution in [0.5, 0.6) is 0 Å². The van der Waals surface area contributed by atoms with Crippen LogP contribution in [0.2, 0.25) is 0 Å². The van der Waals surface area contributed by atoms with Crippen molar-refractivity contribution < 1.29 is 9.53 Å². The van der Waals surface area contributed by atoms with Gasteiger partial charge in [0, 0.05) is 12.8 Å². The molecule has 0 heterocycles. The van der Waals surface area contributed by atoms with Gasteiger partial charge in [-0.3, -0.25) is 4.79 Å². The maximum Gasteiger partial charge on any atom is 0.320 e. The van der Waals surface area contributed by atoms with Crippen LogP contribution >= 0.6 is 11.6 Å². The minimum Gasteiger partial charge on any atom is -0.465 e. The molecule has 0 aromatic heterocycles. The Bertz CT molecular complexity index is 240. The summed E-state index contributed by atoms with van der Waals surface area (Å²) in [6.45, 7) is 2.58. The fourth-order valence-corrected chi connectivity index (χ4v) is 1.54. The molecule has 0 N–H and O–H groups in total. The molecule has 0 radical (unpaired) electrons. The Labute approximate surface area is 110 Å². The summed E-state index contributed by atoms with van der Waals surface area (Å²) in [6, 6.07) is 0. The van der Waals surface area contributed by atoms with Crippen molar-refractivity contribution in [1.29, 1.82) is 0 Å². The Balaban J connectivity index is 3.06. The second-order valence-corrected chi connectivity index (χ2v) is 4.20. The summed E-state index contributed by atoms with van der Waals surface area (Å²) >= 11 is 5.30. The zero-order chi connectivity index (χ0) is 12.8. The zero-order valence-corrected chi connectivity index (χ0v) is 11.5. The fourth-order valence-electron chi connectivity index (χ4n) is 1.46. The van der Waals surface area contributed by atoms with Crippen molar-refractivity contribution in [3.63, 3.8) is 0 Å². The molecule has 0 saturated heterocycles. The predicted octanol–water partition coefficient (Wildman–Crippen LogP) is 3.91. The van der Waals surface area contributed by atoms with Crippen molar-refractivity contribution in [2.45, 2.75) is 58.3 Å². The molecule has 0 unspecified atom stereocenters. The Morgan fingerprint density at radius 1 is 1.06 bits per heavy atom. The van der Waals surface area contributed by atoms with Gasteiger partial charge in [-0.1, -0.05) is 32.6 Å². The highest BCUT2D eigenvalue weighted by atomic mass is 35.5. The number of halogens is 1. The van der Waals surface area contributed by atoms with Crippen LogP contribution in [0.1, 0.15) is 58.3 Å². The van der Waals surface area contributed by atoms with E-state index < -0.39 is 0 Å². The van der Waals surface area contributed by atoms with Gasteiger partial charge in [0.05, 0.1) is 6.61 Å². The van der Waals surface area contributed by atoms with Gasteiger partial charge < -0.3 is 4.74 Å². The first-order chi connectivity index (χ1) is 8.31. The van der Waals surface area contributed by atoms with Crippen molar-refractivity contribution in [3.8, 4) is 11.8 Å². The highest BCUT2D eigenvalue weighted by Crippen LogP contribution is 2.07. The molecule has 17 heavy (non-hydrogen) atoms. The van der Waals surface area contributed by atoms with E-state index in [4.69, 9.17) is 16.3 Å². The third-order valence-corrected chi connectivity index (χ3v) is 2.59. The number of alkyl halides is 1. The van der Waals surface area contributed by atoms with Gasteiger partial charge in [0.15, 0.2) is 0 Å². The summed E-state index contributed by atoms with van der Waals surface area (Å²) in [5.41, 5.74) is 0. The molecule has 0 rings (SSSR count). The van der Waals surface area contributed by atoms with Crippen molar-refractivity contribution >= 4 is 17.6 Å². The second kappa shape index (κ2) is 13.4. The van der Waals surface area contributed by atoms with Gasteiger partial charge in [-0.2, -0.15) is 0 Å². The quantitative estimate of drug-likeness (QED) is 0.271. The number of esters is 1. The molecule has 3 heteroatoms. The molecule has 0 aromatic rings. The Kier molecular flexibility index (Phi) is 12.8. The Morgan fingerprint density at radius 3 is 2.35 bits per heavy atom. The average Bonchev–Trinajstić information content (AvgIpc) is 2.35. The van der Waals surface area contributed by atoms with Gasteiger partial charge in [-0.25, -0.2) is 0 Å². The lowest BCUT2D eigenvalue weighted by atomic mass is 10.1. The first-order valence-electron chi connectivity index (χ1n) is 6.48. The van der Waals surface area contributed by atoms with Crippen LogP contribution in [0.4, 0.5) is 0 Å². The smallest absolute Gasteiger partial charge is 0.320 e. The maximum atomic E-state index is 10.7. The van der Waals surface area contributed by atoms with Crippen LogP contribution < -0.4 is 0 Å². The number of ether oxygens (including phenoxy) is 1. The number of unbranched alkanes of at least 4 members (excludes halogenated alkanes) is 6. The van der Waals surface area contributed by atoms with Crippen LogP contribution in [0.15, 0.2) is 0 Å². The van der Waals surface area contributed by atoms with E-state index in [1.165, 1.54) is 25.7 Å². The molecular formula is C14H23ClO2. The minimum atomic E-state index is -0.318. The summed E-state index contributed by atoms with van der Waals surface area (Å²) < 4.78 is 4.87. The molecule has 0 bridgehead atoms. The van der Waals surface area contributed by atoms with E-state index in [0.717, 1.165) is 25.7 Å². The highest BCUT2D eigenvalue weighted by molar-refractivity contribution is 6.26. The molecule has 0 spiro atoms. The van der Waals surface area contributed by atoms with Crippen molar-refractivity contribution in [1.82, 2.24) is 0 Å². The first-order valence-corrected chi connectivity index (χ1v) is 7.02. The van der Waals surface area contributed by atoms with E-state index in [1.54, 1.807) is 0 Å². The lowest BCUT2D eigenvalue weighted by Gasteiger charge is -2.02. The van der Waals surface area contributed by atoms with Crippen molar-refractivity contribution in [2.75, 3.05) is 12.5 Å². The molecule has 0 aliphatic carbocycles. The molecule has 0 aliphatic rings. The molecule has 0 amide bonds. The summed E-state index contributed by atoms with van der Waals surface area (Å²) in [4.78, 5) is 10.7. The van der Waals surface area contributed by atoms with E-state index in [-0.39, 0.29) is 11.8 Å². The second-order valence-electron chi connectivity index (χ2n) is 3.93. The van der Waals surface area contributed by atoms with Crippen LogP contribution in [-0.2, 0) is 9.53 Å². The normalized spacial score (nSPS) is 9.53. The third kappa shape index (κ3) is 13.3. The molecule has 0 aliphatic heterocycles. The number of carbonyl (C=O) groups excluding carboxylic acids is 1. The average molecular weight is 259 g/mol. The standard InChI is InChI=1S/C14H23ClO2/c1-2-3-4-5-6-7-8-9-10-11-12-17-14(16)13-15/h2,5-13H2,1H3. The van der Waals surface area contributed by atoms with Crippen LogP contribution in [0.25, 0.3) is 0 Å². The van der Waals surface area contributed by atoms with Gasteiger partial charge in [-0.15, -0.1) is 23.4 Å². The molecule has 0 atom stereocenters. The molecule has 2 nitrogen and oxygen atoms in total. The summed E-state index contributed by atoms with van der Waals surface area (Å²) in [7, 11) is 0. The number of rotatable bonds is 9. The topological polar surface area (TPSA) is 26.3 Å². The maximum absolute atomic E-state index is 10.7. The SMILES string of the molecule is CCC#CCCCCCCCCOC(=O)CCl.